The van der Waals surface area contributed by atoms with Crippen LogP contribution in [0.1, 0.15) is 24.1 Å². The quantitative estimate of drug-likeness (QED) is 0.445. The molecular formula is C26H21N3O2S. The van der Waals surface area contributed by atoms with Crippen molar-refractivity contribution in [3.8, 4) is 11.8 Å². The van der Waals surface area contributed by atoms with Crippen LogP contribution in [-0.4, -0.2) is 22.6 Å². The second kappa shape index (κ2) is 9.99. The summed E-state index contributed by atoms with van der Waals surface area (Å²) in [5.41, 5.74) is 2.56. The fourth-order valence-electron chi connectivity index (χ4n) is 3.38. The van der Waals surface area contributed by atoms with Gasteiger partial charge in [-0.25, -0.2) is 4.99 Å². The first-order valence-electron chi connectivity index (χ1n) is 10.2. The summed E-state index contributed by atoms with van der Waals surface area (Å²) in [7, 11) is 0. The average Bonchev–Trinajstić information content (AvgIpc) is 3.13. The van der Waals surface area contributed by atoms with Crippen molar-refractivity contribution in [1.82, 2.24) is 4.90 Å². The Hall–Kier alpha value is -3.82. The number of nitrogens with zero attached hydrogens (tertiary/aromatic N) is 3. The third-order valence-corrected chi connectivity index (χ3v) is 5.97. The summed E-state index contributed by atoms with van der Waals surface area (Å²) < 4.78 is 5.53. The summed E-state index contributed by atoms with van der Waals surface area (Å²) in [6.07, 6.45) is 1.80. The van der Waals surface area contributed by atoms with Crippen molar-refractivity contribution in [3.63, 3.8) is 0 Å². The molecule has 1 fully saturated rings. The molecule has 1 saturated heterocycles. The van der Waals surface area contributed by atoms with E-state index in [0.717, 1.165) is 16.8 Å². The Balaban J connectivity index is 1.74. The zero-order chi connectivity index (χ0) is 22.3. The highest BCUT2D eigenvalue weighted by molar-refractivity contribution is 8.18. The van der Waals surface area contributed by atoms with Crippen molar-refractivity contribution in [2.45, 2.75) is 13.0 Å². The van der Waals surface area contributed by atoms with E-state index in [9.17, 15) is 4.79 Å². The normalized spacial score (nSPS) is 16.9. The van der Waals surface area contributed by atoms with Crippen molar-refractivity contribution < 1.29 is 9.53 Å². The summed E-state index contributed by atoms with van der Waals surface area (Å²) in [6.45, 7) is 1.94. The molecule has 0 spiro atoms. The predicted octanol–water partition coefficient (Wildman–Crippen LogP) is 5.95. The second-order valence-corrected chi connectivity index (χ2v) is 8.10. The van der Waals surface area contributed by atoms with Gasteiger partial charge in [0.05, 0.1) is 16.6 Å². The summed E-state index contributed by atoms with van der Waals surface area (Å²) in [5, 5.41) is 9.48. The molecule has 6 heteroatoms. The van der Waals surface area contributed by atoms with Gasteiger partial charge in [-0.3, -0.25) is 9.69 Å². The number of hydrogen-bond acceptors (Lipinski definition) is 5. The number of ether oxygens (including phenoxy) is 1. The highest BCUT2D eigenvalue weighted by atomic mass is 32.2. The fraction of sp³-hybridized carbons (Fsp3) is 0.115. The van der Waals surface area contributed by atoms with E-state index in [1.54, 1.807) is 17.0 Å². The molecule has 3 aromatic carbocycles. The van der Waals surface area contributed by atoms with Gasteiger partial charge in [0.15, 0.2) is 11.8 Å². The van der Waals surface area contributed by atoms with E-state index in [1.165, 1.54) is 11.8 Å². The molecule has 0 radical (unpaired) electrons. The molecule has 0 aliphatic carbocycles. The summed E-state index contributed by atoms with van der Waals surface area (Å²) in [6, 6.07) is 28.7. The van der Waals surface area contributed by atoms with Crippen molar-refractivity contribution in [2.24, 2.45) is 4.99 Å². The maximum Gasteiger partial charge on any atom is 0.267 e. The number of para-hydroxylation sites is 2. The number of carbonyl (C=O) groups excluding carboxylic acids is 1. The van der Waals surface area contributed by atoms with E-state index < -0.39 is 0 Å². The van der Waals surface area contributed by atoms with Crippen LogP contribution in [0, 0.1) is 11.3 Å². The number of benzene rings is 3. The van der Waals surface area contributed by atoms with Crippen LogP contribution in [-0.2, 0) is 4.79 Å². The Bertz CT molecular complexity index is 1200. The lowest BCUT2D eigenvalue weighted by atomic mass is 10.1. The van der Waals surface area contributed by atoms with Gasteiger partial charge in [0.25, 0.3) is 5.91 Å². The molecule has 0 saturated carbocycles. The Morgan fingerprint density at radius 2 is 1.69 bits per heavy atom. The minimum absolute atomic E-state index is 0.0564. The largest absolute Gasteiger partial charge is 0.478 e. The average molecular weight is 440 g/mol. The molecule has 5 nitrogen and oxygen atoms in total. The van der Waals surface area contributed by atoms with Crippen molar-refractivity contribution in [2.75, 3.05) is 6.61 Å². The number of carbonyl (C=O) groups is 1. The highest BCUT2D eigenvalue weighted by Crippen LogP contribution is 2.39. The molecule has 1 heterocycles. The first-order valence-corrected chi connectivity index (χ1v) is 11.0. The van der Waals surface area contributed by atoms with Crippen LogP contribution in [0.3, 0.4) is 0 Å². The van der Waals surface area contributed by atoms with Gasteiger partial charge < -0.3 is 4.74 Å². The number of hydrogen-bond donors (Lipinski definition) is 0. The minimum Gasteiger partial charge on any atom is -0.478 e. The Kier molecular flexibility index (Phi) is 6.69. The molecule has 0 N–H and O–H groups in total. The maximum atomic E-state index is 13.5. The lowest BCUT2D eigenvalue weighted by molar-refractivity contribution is -0.123. The monoisotopic (exact) mass is 439 g/mol. The molecule has 0 bridgehead atoms. The van der Waals surface area contributed by atoms with E-state index in [4.69, 9.17) is 15.0 Å². The van der Waals surface area contributed by atoms with Gasteiger partial charge in [-0.05, 0) is 48.5 Å². The predicted molar refractivity (Wildman–Crippen MR) is 128 cm³/mol. The van der Waals surface area contributed by atoms with Gasteiger partial charge in [-0.2, -0.15) is 5.26 Å². The smallest absolute Gasteiger partial charge is 0.267 e. The zero-order valence-electron chi connectivity index (χ0n) is 17.5. The summed E-state index contributed by atoms with van der Waals surface area (Å²) >= 11 is 1.34. The van der Waals surface area contributed by atoms with Gasteiger partial charge >= 0.3 is 0 Å². The Morgan fingerprint density at radius 1 is 1.03 bits per heavy atom. The Morgan fingerprint density at radius 3 is 2.41 bits per heavy atom. The molecule has 158 valence electrons. The fourth-order valence-corrected chi connectivity index (χ4v) is 4.44. The molecule has 32 heavy (non-hydrogen) atoms. The van der Waals surface area contributed by atoms with Gasteiger partial charge in [0.2, 0.25) is 0 Å². The highest BCUT2D eigenvalue weighted by Gasteiger charge is 2.37. The second-order valence-electron chi connectivity index (χ2n) is 7.09. The minimum atomic E-state index is -0.186. The van der Waals surface area contributed by atoms with E-state index >= 15 is 0 Å². The topological polar surface area (TPSA) is 65.7 Å². The molecule has 3 aromatic rings. The third kappa shape index (κ3) is 4.74. The van der Waals surface area contributed by atoms with Gasteiger partial charge in [-0.15, -0.1) is 0 Å². The number of aliphatic imine (C=N–C) groups is 1. The van der Waals surface area contributed by atoms with Gasteiger partial charge in [0, 0.05) is 5.56 Å². The van der Waals surface area contributed by atoms with E-state index in [1.807, 2.05) is 91.9 Å². The van der Waals surface area contributed by atoms with Crippen molar-refractivity contribution >= 4 is 34.6 Å². The van der Waals surface area contributed by atoms with Crippen LogP contribution in [0.2, 0.25) is 0 Å². The van der Waals surface area contributed by atoms with Crippen LogP contribution < -0.4 is 4.74 Å². The summed E-state index contributed by atoms with van der Waals surface area (Å²) in [4.78, 5) is 20.6. The molecule has 1 atom stereocenters. The maximum absolute atomic E-state index is 13.5. The van der Waals surface area contributed by atoms with Crippen molar-refractivity contribution in [3.05, 3.63) is 101 Å². The number of nitriles is 1. The molecule has 1 aliphatic rings. The molecule has 0 unspecified atom stereocenters. The lowest BCUT2D eigenvalue weighted by Gasteiger charge is -2.24. The Labute approximate surface area is 191 Å². The van der Waals surface area contributed by atoms with E-state index in [2.05, 4.69) is 0 Å². The number of amidine groups is 1. The van der Waals surface area contributed by atoms with Crippen LogP contribution in [0.4, 0.5) is 5.69 Å². The third-order valence-electron chi connectivity index (χ3n) is 4.98. The van der Waals surface area contributed by atoms with Gasteiger partial charge in [-0.1, -0.05) is 66.7 Å². The lowest BCUT2D eigenvalue weighted by Crippen LogP contribution is -2.32. The number of thioether (sulfide) groups is 1. The SMILES string of the molecule is C[C@@H](c1ccccc1)N1C(=O)/C(=C\c2ccccc2OCC#N)SC1=Nc1ccccc1. The standard InChI is InChI=1S/C26H21N3O2S/c1-19(20-10-4-2-5-11-20)29-25(30)24(32-26(29)28-22-13-6-3-7-14-22)18-21-12-8-9-15-23(21)31-17-16-27/h2-15,18-19H,17H2,1H3/b24-18+,28-26?/t19-/m0/s1. The first-order chi connectivity index (χ1) is 15.7. The number of amides is 1. The van der Waals surface area contributed by atoms with Crippen LogP contribution in [0.5, 0.6) is 5.75 Å². The van der Waals surface area contributed by atoms with E-state index in [-0.39, 0.29) is 18.6 Å². The molecule has 4 rings (SSSR count). The van der Waals surface area contributed by atoms with Crippen LogP contribution in [0.25, 0.3) is 6.08 Å². The molecule has 1 aliphatic heterocycles. The molecule has 0 aromatic heterocycles. The molecular weight excluding hydrogens is 418 g/mol. The van der Waals surface area contributed by atoms with Crippen LogP contribution in [0.15, 0.2) is 94.8 Å². The number of rotatable bonds is 6. The summed E-state index contributed by atoms with van der Waals surface area (Å²) in [5.74, 6) is 0.446. The van der Waals surface area contributed by atoms with Gasteiger partial charge in [0.1, 0.15) is 11.8 Å². The first kappa shape index (κ1) is 21.4. The zero-order valence-corrected chi connectivity index (χ0v) is 18.3. The van der Waals surface area contributed by atoms with Crippen molar-refractivity contribution in [1.29, 1.82) is 5.26 Å². The molecule has 1 amide bonds. The van der Waals surface area contributed by atoms with E-state index in [0.29, 0.717) is 15.8 Å². The van der Waals surface area contributed by atoms with Crippen LogP contribution >= 0.6 is 11.8 Å².